The Morgan fingerprint density at radius 3 is 2.27 bits per heavy atom. The summed E-state index contributed by atoms with van der Waals surface area (Å²) in [6, 6.07) is 20.0. The number of H-pyrrole nitrogens is 1. The molecule has 3 atom stereocenters. The molecule has 3 aromatic carbocycles. The van der Waals surface area contributed by atoms with Crippen LogP contribution >= 0.6 is 23.1 Å². The number of aromatic amines is 1. The number of aromatic nitrogens is 1. The van der Waals surface area contributed by atoms with Crippen molar-refractivity contribution in [1.82, 2.24) is 4.98 Å². The van der Waals surface area contributed by atoms with Crippen LogP contribution in [0.15, 0.2) is 82.6 Å². The average Bonchev–Trinajstić information content (AvgIpc) is 3.54. The number of nitrogens with zero attached hydrogens (tertiary/aromatic N) is 1. The number of rotatable bonds is 9. The highest BCUT2D eigenvalue weighted by Crippen LogP contribution is 2.53. The van der Waals surface area contributed by atoms with E-state index in [-0.39, 0.29) is 24.0 Å². The first kappa shape index (κ1) is 30.2. The molecule has 0 spiro atoms. The van der Waals surface area contributed by atoms with Crippen LogP contribution in [0.4, 0.5) is 11.4 Å². The topological polar surface area (TPSA) is 144 Å². The number of benzene rings is 3. The molecule has 3 amide bonds. The number of hydrogen-bond donors (Lipinski definition) is 2. The molecule has 4 aromatic rings. The van der Waals surface area contributed by atoms with E-state index in [9.17, 15) is 24.0 Å². The van der Waals surface area contributed by atoms with Crippen LogP contribution in [0, 0.1) is 5.92 Å². The SMILES string of the molecule is CCOC(=O)c1ccc(N2C(=O)C3Sc4[nH]c(=O)sc4C(c4ccc(OCC(=O)Nc5ccc(OC)cc5)cc4)C3C2=O)cc1. The standard InChI is InChI=1S/C32H27N3O8S2/c1-3-42-31(39)18-4-10-20(11-5-18)35-29(37)25-24(26-28(34-32(40)45-26)44-27(25)30(35)38)17-6-12-22(13-7-17)43-16-23(36)33-19-8-14-21(41-2)15-9-19/h4-15,24-25,27H,3,16H2,1-2H3,(H,33,36)(H,34,40). The lowest BCUT2D eigenvalue weighted by Crippen LogP contribution is -2.32. The van der Waals surface area contributed by atoms with Crippen molar-refractivity contribution in [1.29, 1.82) is 0 Å². The molecule has 2 aliphatic heterocycles. The molecule has 11 nitrogen and oxygen atoms in total. The lowest BCUT2D eigenvalue weighted by molar-refractivity contribution is -0.122. The molecular weight excluding hydrogens is 618 g/mol. The Kier molecular flexibility index (Phi) is 8.46. The van der Waals surface area contributed by atoms with Crippen LogP contribution in [0.25, 0.3) is 0 Å². The molecule has 6 rings (SSSR count). The highest BCUT2D eigenvalue weighted by molar-refractivity contribution is 8.00. The fraction of sp³-hybridized carbons (Fsp3) is 0.219. The monoisotopic (exact) mass is 645 g/mol. The second-order valence-corrected chi connectivity index (χ2v) is 12.3. The molecule has 230 valence electrons. The number of imide groups is 1. The zero-order chi connectivity index (χ0) is 31.7. The zero-order valence-corrected chi connectivity index (χ0v) is 25.7. The van der Waals surface area contributed by atoms with Gasteiger partial charge in [-0.3, -0.25) is 19.2 Å². The maximum atomic E-state index is 13.9. The predicted octanol–water partition coefficient (Wildman–Crippen LogP) is 4.44. The molecule has 0 radical (unpaired) electrons. The van der Waals surface area contributed by atoms with Crippen molar-refractivity contribution < 1.29 is 33.4 Å². The van der Waals surface area contributed by atoms with Gasteiger partial charge in [-0.15, -0.1) is 0 Å². The Morgan fingerprint density at radius 1 is 0.911 bits per heavy atom. The highest BCUT2D eigenvalue weighted by Gasteiger charge is 2.56. The van der Waals surface area contributed by atoms with Gasteiger partial charge in [0.2, 0.25) is 11.8 Å². The minimum absolute atomic E-state index is 0.226. The zero-order valence-electron chi connectivity index (χ0n) is 24.1. The van der Waals surface area contributed by atoms with Gasteiger partial charge in [0.15, 0.2) is 6.61 Å². The molecular formula is C32H27N3O8S2. The fourth-order valence-corrected chi connectivity index (χ4v) is 7.90. The molecule has 3 heterocycles. The Morgan fingerprint density at radius 2 is 1.60 bits per heavy atom. The lowest BCUT2D eigenvalue weighted by atomic mass is 9.83. The summed E-state index contributed by atoms with van der Waals surface area (Å²) in [5.41, 5.74) is 1.98. The number of carbonyl (C=O) groups excluding carboxylic acids is 4. The van der Waals surface area contributed by atoms with Crippen molar-refractivity contribution in [3.8, 4) is 11.5 Å². The number of amides is 3. The van der Waals surface area contributed by atoms with Crippen molar-refractivity contribution in [3.05, 3.63) is 98.5 Å². The summed E-state index contributed by atoms with van der Waals surface area (Å²) in [6.45, 7) is 1.71. The van der Waals surface area contributed by atoms with Gasteiger partial charge in [-0.05, 0) is 73.2 Å². The molecule has 13 heteroatoms. The molecule has 1 saturated heterocycles. The summed E-state index contributed by atoms with van der Waals surface area (Å²) >= 11 is 2.20. The number of ether oxygens (including phenoxy) is 3. The van der Waals surface area contributed by atoms with Gasteiger partial charge in [0.05, 0.1) is 35.9 Å². The molecule has 45 heavy (non-hydrogen) atoms. The Labute approximate surface area is 265 Å². The van der Waals surface area contributed by atoms with Gasteiger partial charge >= 0.3 is 10.8 Å². The van der Waals surface area contributed by atoms with Gasteiger partial charge < -0.3 is 24.5 Å². The molecule has 1 aromatic heterocycles. The first-order valence-electron chi connectivity index (χ1n) is 14.0. The third-order valence-electron chi connectivity index (χ3n) is 7.44. The van der Waals surface area contributed by atoms with Gasteiger partial charge in [0.1, 0.15) is 16.7 Å². The normalized spacial score (nSPS) is 18.6. The third kappa shape index (κ3) is 5.96. The van der Waals surface area contributed by atoms with Crippen molar-refractivity contribution in [2.24, 2.45) is 5.92 Å². The second kappa shape index (κ2) is 12.6. The Hall–Kier alpha value is -4.88. The van der Waals surface area contributed by atoms with E-state index in [1.54, 1.807) is 74.7 Å². The number of nitrogens with one attached hydrogen (secondary N) is 2. The van der Waals surface area contributed by atoms with E-state index in [1.807, 2.05) is 0 Å². The van der Waals surface area contributed by atoms with Crippen LogP contribution in [0.1, 0.15) is 33.6 Å². The number of anilines is 2. The van der Waals surface area contributed by atoms with E-state index in [2.05, 4.69) is 10.3 Å². The molecule has 1 fully saturated rings. The predicted molar refractivity (Wildman–Crippen MR) is 168 cm³/mol. The Balaban J connectivity index is 1.21. The maximum absolute atomic E-state index is 13.9. The Bertz CT molecular complexity index is 1820. The van der Waals surface area contributed by atoms with E-state index in [0.717, 1.165) is 21.8 Å². The first-order chi connectivity index (χ1) is 21.8. The fourth-order valence-electron chi connectivity index (χ4n) is 5.38. The van der Waals surface area contributed by atoms with Crippen LogP contribution in [0.2, 0.25) is 0 Å². The quantitative estimate of drug-likeness (QED) is 0.200. The maximum Gasteiger partial charge on any atom is 0.338 e. The molecule has 2 N–H and O–H groups in total. The van der Waals surface area contributed by atoms with E-state index < -0.39 is 34.9 Å². The van der Waals surface area contributed by atoms with Crippen molar-refractivity contribution in [3.63, 3.8) is 0 Å². The largest absolute Gasteiger partial charge is 0.497 e. The third-order valence-corrected chi connectivity index (χ3v) is 9.84. The van der Waals surface area contributed by atoms with Gasteiger partial charge in [-0.2, -0.15) is 0 Å². The summed E-state index contributed by atoms with van der Waals surface area (Å²) in [5.74, 6) is -1.86. The number of hydrogen-bond acceptors (Lipinski definition) is 10. The van der Waals surface area contributed by atoms with Crippen LogP contribution < -0.4 is 24.6 Å². The van der Waals surface area contributed by atoms with Crippen molar-refractivity contribution in [2.45, 2.75) is 23.1 Å². The number of carbonyl (C=O) groups is 4. The van der Waals surface area contributed by atoms with Crippen molar-refractivity contribution in [2.75, 3.05) is 30.5 Å². The molecule has 0 saturated carbocycles. The van der Waals surface area contributed by atoms with Crippen LogP contribution in [0.3, 0.4) is 0 Å². The summed E-state index contributed by atoms with van der Waals surface area (Å²) in [5, 5.41) is 2.56. The smallest absolute Gasteiger partial charge is 0.338 e. The van der Waals surface area contributed by atoms with E-state index in [4.69, 9.17) is 14.2 Å². The van der Waals surface area contributed by atoms with Crippen LogP contribution in [-0.4, -0.2) is 54.2 Å². The van der Waals surface area contributed by atoms with Gasteiger partial charge in [0, 0.05) is 16.5 Å². The summed E-state index contributed by atoms with van der Waals surface area (Å²) in [7, 11) is 1.56. The molecule has 0 aliphatic carbocycles. The highest BCUT2D eigenvalue weighted by atomic mass is 32.2. The second-order valence-electron chi connectivity index (χ2n) is 10.2. The number of fused-ring (bicyclic) bond motifs is 2. The van der Waals surface area contributed by atoms with E-state index in [0.29, 0.717) is 38.3 Å². The average molecular weight is 646 g/mol. The van der Waals surface area contributed by atoms with Crippen LogP contribution in [0.5, 0.6) is 11.5 Å². The molecule has 3 unspecified atom stereocenters. The summed E-state index contributed by atoms with van der Waals surface area (Å²) < 4.78 is 15.8. The minimum atomic E-state index is -0.770. The number of methoxy groups -OCH3 is 1. The van der Waals surface area contributed by atoms with Crippen LogP contribution in [-0.2, 0) is 19.1 Å². The molecule has 2 aliphatic rings. The number of esters is 1. The summed E-state index contributed by atoms with van der Waals surface area (Å²) in [4.78, 5) is 68.9. The van der Waals surface area contributed by atoms with Gasteiger partial charge in [-0.1, -0.05) is 35.2 Å². The van der Waals surface area contributed by atoms with E-state index >= 15 is 0 Å². The molecule has 0 bridgehead atoms. The van der Waals surface area contributed by atoms with Crippen molar-refractivity contribution >= 4 is 58.2 Å². The van der Waals surface area contributed by atoms with Gasteiger partial charge in [-0.25, -0.2) is 9.69 Å². The first-order valence-corrected chi connectivity index (χ1v) is 15.7. The van der Waals surface area contributed by atoms with E-state index in [1.165, 1.54) is 23.9 Å². The van der Waals surface area contributed by atoms with Gasteiger partial charge in [0.25, 0.3) is 5.91 Å². The minimum Gasteiger partial charge on any atom is -0.497 e. The number of thiazole rings is 1. The lowest BCUT2D eigenvalue weighted by Gasteiger charge is -2.29. The summed E-state index contributed by atoms with van der Waals surface area (Å²) in [6.07, 6.45) is 0. The number of thioether (sulfide) groups is 1.